The summed E-state index contributed by atoms with van der Waals surface area (Å²) in [4.78, 5) is 22.9. The molecule has 3 rings (SSSR count). The smallest absolute Gasteiger partial charge is 0.232 e. The maximum atomic E-state index is 11.8. The van der Waals surface area contributed by atoms with Gasteiger partial charge in [-0.2, -0.15) is 10.2 Å². The zero-order valence-corrected chi connectivity index (χ0v) is 9.09. The molecule has 5 nitrogen and oxygen atoms in total. The van der Waals surface area contributed by atoms with Crippen molar-refractivity contribution in [3.05, 3.63) is 29.8 Å². The summed E-state index contributed by atoms with van der Waals surface area (Å²) in [6, 6.07) is 7.38. The Morgan fingerprint density at radius 2 is 2.06 bits per heavy atom. The fourth-order valence-electron chi connectivity index (χ4n) is 2.32. The highest BCUT2D eigenvalue weighted by Crippen LogP contribution is 2.41. The van der Waals surface area contributed by atoms with Gasteiger partial charge in [0.2, 0.25) is 11.8 Å². The predicted octanol–water partition coefficient (Wildman–Crippen LogP) is 1.88. The number of carbonyl (C=O) groups excluding carboxylic acids is 2. The number of hydrogen-bond acceptors (Lipinski definition) is 4. The van der Waals surface area contributed by atoms with E-state index >= 15 is 0 Å². The van der Waals surface area contributed by atoms with E-state index in [1.54, 1.807) is 0 Å². The van der Waals surface area contributed by atoms with Crippen LogP contribution in [0.15, 0.2) is 34.5 Å². The van der Waals surface area contributed by atoms with E-state index in [4.69, 9.17) is 0 Å². The maximum Gasteiger partial charge on any atom is 0.232 e. The van der Waals surface area contributed by atoms with Gasteiger partial charge in [-0.1, -0.05) is 18.2 Å². The van der Waals surface area contributed by atoms with Crippen LogP contribution < -0.4 is 5.32 Å². The molecule has 1 fully saturated rings. The zero-order chi connectivity index (χ0) is 11.8. The number of azo groups is 1. The fourth-order valence-corrected chi connectivity index (χ4v) is 2.32. The Bertz CT molecular complexity index is 524. The maximum absolute atomic E-state index is 11.8. The first-order valence-corrected chi connectivity index (χ1v) is 5.59. The second kappa shape index (κ2) is 3.76. The molecule has 1 saturated heterocycles. The average molecular weight is 229 g/mol. The minimum Gasteiger partial charge on any atom is -0.296 e. The van der Waals surface area contributed by atoms with Crippen LogP contribution in [0, 0.1) is 5.92 Å². The van der Waals surface area contributed by atoms with Crippen molar-refractivity contribution in [2.45, 2.75) is 18.9 Å². The number of fused-ring (bicyclic) bond motifs is 1. The van der Waals surface area contributed by atoms with Crippen LogP contribution in [0.1, 0.15) is 24.4 Å². The molecule has 1 aromatic rings. The molecule has 17 heavy (non-hydrogen) atoms. The monoisotopic (exact) mass is 229 g/mol. The number of benzene rings is 1. The van der Waals surface area contributed by atoms with Gasteiger partial charge in [0.1, 0.15) is 6.04 Å². The van der Waals surface area contributed by atoms with Crippen LogP contribution in [0.4, 0.5) is 5.69 Å². The molecule has 0 spiro atoms. The van der Waals surface area contributed by atoms with Crippen LogP contribution >= 0.6 is 0 Å². The Labute approximate surface area is 97.9 Å². The van der Waals surface area contributed by atoms with E-state index in [0.717, 1.165) is 11.3 Å². The molecule has 0 bridgehead atoms. The van der Waals surface area contributed by atoms with Crippen LogP contribution in [0.25, 0.3) is 0 Å². The topological polar surface area (TPSA) is 70.9 Å². The molecule has 2 unspecified atom stereocenters. The van der Waals surface area contributed by atoms with Gasteiger partial charge in [-0.25, -0.2) is 0 Å². The number of amides is 2. The summed E-state index contributed by atoms with van der Waals surface area (Å²) < 4.78 is 0. The van der Waals surface area contributed by atoms with Crippen molar-refractivity contribution in [2.75, 3.05) is 0 Å². The number of carbonyl (C=O) groups is 2. The number of nitrogens with zero attached hydrogens (tertiary/aromatic N) is 2. The Hall–Kier alpha value is -2.04. The second-order valence-electron chi connectivity index (χ2n) is 4.28. The molecular formula is C12H11N3O2. The first-order valence-electron chi connectivity index (χ1n) is 5.59. The summed E-state index contributed by atoms with van der Waals surface area (Å²) in [5.74, 6) is -0.712. The summed E-state index contributed by atoms with van der Waals surface area (Å²) in [5.41, 5.74) is 1.80. The second-order valence-corrected chi connectivity index (χ2v) is 4.28. The highest BCUT2D eigenvalue weighted by molar-refractivity contribution is 5.99. The lowest BCUT2D eigenvalue weighted by molar-refractivity contribution is -0.136. The standard InChI is InChI=1S/C12H11N3O2/c16-10-6-5-8(12(17)13-10)11-7-3-1-2-4-9(7)14-15-11/h1-4,8,11H,5-6H2,(H,13,16,17). The molecule has 0 radical (unpaired) electrons. The van der Waals surface area contributed by atoms with E-state index in [0.29, 0.717) is 12.8 Å². The Kier molecular flexibility index (Phi) is 2.24. The van der Waals surface area contributed by atoms with Gasteiger partial charge in [0, 0.05) is 12.0 Å². The number of imide groups is 1. The summed E-state index contributed by atoms with van der Waals surface area (Å²) in [7, 11) is 0. The van der Waals surface area contributed by atoms with Crippen molar-refractivity contribution in [3.63, 3.8) is 0 Å². The van der Waals surface area contributed by atoms with E-state index in [2.05, 4.69) is 15.5 Å². The van der Waals surface area contributed by atoms with Gasteiger partial charge in [-0.3, -0.25) is 14.9 Å². The summed E-state index contributed by atoms with van der Waals surface area (Å²) in [5, 5.41) is 10.6. The number of hydrogen-bond donors (Lipinski definition) is 1. The molecule has 2 aliphatic heterocycles. The molecule has 2 atom stereocenters. The van der Waals surface area contributed by atoms with E-state index in [9.17, 15) is 9.59 Å². The highest BCUT2D eigenvalue weighted by atomic mass is 16.2. The third kappa shape index (κ3) is 1.63. The van der Waals surface area contributed by atoms with E-state index < -0.39 is 0 Å². The van der Waals surface area contributed by atoms with Crippen molar-refractivity contribution in [2.24, 2.45) is 16.1 Å². The van der Waals surface area contributed by atoms with E-state index in [1.165, 1.54) is 0 Å². The lowest BCUT2D eigenvalue weighted by Crippen LogP contribution is -2.42. The first kappa shape index (κ1) is 10.1. The summed E-state index contributed by atoms with van der Waals surface area (Å²) in [6.45, 7) is 0. The third-order valence-corrected chi connectivity index (χ3v) is 3.21. The van der Waals surface area contributed by atoms with Gasteiger partial charge in [0.15, 0.2) is 0 Å². The molecule has 5 heteroatoms. The van der Waals surface area contributed by atoms with Gasteiger partial charge in [-0.05, 0) is 12.5 Å². The predicted molar refractivity (Wildman–Crippen MR) is 59.6 cm³/mol. The Morgan fingerprint density at radius 1 is 1.24 bits per heavy atom. The summed E-state index contributed by atoms with van der Waals surface area (Å²) in [6.07, 6.45) is 0.924. The first-order chi connectivity index (χ1) is 8.25. The zero-order valence-electron chi connectivity index (χ0n) is 9.09. The SMILES string of the molecule is O=C1CCC(C2N=Nc3ccccc32)C(=O)N1. The number of rotatable bonds is 1. The quantitative estimate of drug-likeness (QED) is 0.747. The van der Waals surface area contributed by atoms with Gasteiger partial charge in [0.05, 0.1) is 11.6 Å². The lowest BCUT2D eigenvalue weighted by Gasteiger charge is -2.23. The lowest BCUT2D eigenvalue weighted by atomic mass is 9.87. The van der Waals surface area contributed by atoms with Crippen molar-refractivity contribution in [1.29, 1.82) is 0 Å². The molecule has 86 valence electrons. The number of piperidine rings is 1. The van der Waals surface area contributed by atoms with Gasteiger partial charge in [0.25, 0.3) is 0 Å². The molecular weight excluding hydrogens is 218 g/mol. The van der Waals surface area contributed by atoms with Crippen molar-refractivity contribution >= 4 is 17.5 Å². The van der Waals surface area contributed by atoms with Crippen LogP contribution in [0.5, 0.6) is 0 Å². The summed E-state index contributed by atoms with van der Waals surface area (Å²) >= 11 is 0. The van der Waals surface area contributed by atoms with Gasteiger partial charge >= 0.3 is 0 Å². The van der Waals surface area contributed by atoms with E-state index in [-0.39, 0.29) is 23.8 Å². The average Bonchev–Trinajstić information content (AvgIpc) is 2.73. The van der Waals surface area contributed by atoms with Crippen molar-refractivity contribution in [3.8, 4) is 0 Å². The normalized spacial score (nSPS) is 26.8. The van der Waals surface area contributed by atoms with E-state index in [1.807, 2.05) is 24.3 Å². The van der Waals surface area contributed by atoms with Crippen molar-refractivity contribution < 1.29 is 9.59 Å². The third-order valence-electron chi connectivity index (χ3n) is 3.21. The minimum absolute atomic E-state index is 0.200. The fraction of sp³-hybridized carbons (Fsp3) is 0.333. The Balaban J connectivity index is 1.90. The van der Waals surface area contributed by atoms with Gasteiger partial charge in [-0.15, -0.1) is 0 Å². The molecule has 2 amide bonds. The molecule has 1 N–H and O–H groups in total. The van der Waals surface area contributed by atoms with Crippen LogP contribution in [0.3, 0.4) is 0 Å². The molecule has 0 saturated carbocycles. The van der Waals surface area contributed by atoms with Crippen LogP contribution in [-0.4, -0.2) is 11.8 Å². The van der Waals surface area contributed by atoms with Crippen LogP contribution in [0.2, 0.25) is 0 Å². The number of nitrogens with one attached hydrogen (secondary N) is 1. The molecule has 2 aliphatic rings. The Morgan fingerprint density at radius 3 is 2.88 bits per heavy atom. The largest absolute Gasteiger partial charge is 0.296 e. The highest BCUT2D eigenvalue weighted by Gasteiger charge is 2.37. The minimum atomic E-state index is -0.278. The molecule has 0 aromatic heterocycles. The molecule has 1 aromatic carbocycles. The molecule has 0 aliphatic carbocycles. The van der Waals surface area contributed by atoms with Crippen LogP contribution in [-0.2, 0) is 9.59 Å². The molecule has 2 heterocycles. The van der Waals surface area contributed by atoms with Gasteiger partial charge < -0.3 is 0 Å². The van der Waals surface area contributed by atoms with Crippen molar-refractivity contribution in [1.82, 2.24) is 5.32 Å².